The molecule has 2 amide bonds. The van der Waals surface area contributed by atoms with E-state index in [4.69, 9.17) is 11.6 Å². The lowest BCUT2D eigenvalue weighted by Crippen LogP contribution is -2.36. The zero-order chi connectivity index (χ0) is 18.8. The highest BCUT2D eigenvalue weighted by molar-refractivity contribution is 7.16. The molecule has 0 radical (unpaired) electrons. The smallest absolute Gasteiger partial charge is 0.308 e. The number of thiophene rings is 1. The van der Waals surface area contributed by atoms with Crippen molar-refractivity contribution in [3.8, 4) is 0 Å². The van der Waals surface area contributed by atoms with Crippen molar-refractivity contribution >= 4 is 45.9 Å². The second-order valence-corrected chi connectivity index (χ2v) is 8.77. The lowest BCUT2D eigenvalue weighted by Gasteiger charge is -2.34. The van der Waals surface area contributed by atoms with Crippen LogP contribution in [0.4, 0.5) is 15.5 Å². The summed E-state index contributed by atoms with van der Waals surface area (Å²) in [6.45, 7) is 3.00. The van der Waals surface area contributed by atoms with Gasteiger partial charge in [0.15, 0.2) is 6.29 Å². The van der Waals surface area contributed by atoms with Gasteiger partial charge >= 0.3 is 6.03 Å². The topological polar surface area (TPSA) is 61.4 Å². The Morgan fingerprint density at radius 2 is 2.04 bits per heavy atom. The summed E-state index contributed by atoms with van der Waals surface area (Å²) in [6.07, 6.45) is 5.77. The zero-order valence-corrected chi connectivity index (χ0v) is 16.5. The minimum atomic E-state index is -0.356. The van der Waals surface area contributed by atoms with Crippen LogP contribution in [0.1, 0.15) is 40.1 Å². The van der Waals surface area contributed by atoms with Gasteiger partial charge in [-0.3, -0.25) is 15.0 Å². The van der Waals surface area contributed by atoms with Crippen molar-refractivity contribution in [1.82, 2.24) is 4.90 Å². The number of hydrogen-bond donors (Lipinski definition) is 2. The first kappa shape index (κ1) is 18.5. The van der Waals surface area contributed by atoms with Crippen LogP contribution >= 0.6 is 22.9 Å². The molecule has 0 spiro atoms. The van der Waals surface area contributed by atoms with Crippen LogP contribution in [0.2, 0.25) is 5.02 Å². The van der Waals surface area contributed by atoms with Crippen LogP contribution in [-0.4, -0.2) is 30.3 Å². The first-order valence-electron chi connectivity index (χ1n) is 9.28. The number of fused-ring (bicyclic) bond motifs is 1. The van der Waals surface area contributed by atoms with Gasteiger partial charge < -0.3 is 5.32 Å². The molecule has 2 aromatic rings. The molecule has 142 valence electrons. The molecule has 7 heteroatoms. The number of aldehydes is 1. The molecule has 1 aromatic carbocycles. The van der Waals surface area contributed by atoms with Gasteiger partial charge in [-0.05, 0) is 55.0 Å². The van der Waals surface area contributed by atoms with Gasteiger partial charge in [-0.2, -0.15) is 0 Å². The number of halogens is 1. The third-order valence-electron chi connectivity index (χ3n) is 5.36. The summed E-state index contributed by atoms with van der Waals surface area (Å²) in [5, 5.41) is 6.86. The number of amides is 2. The Bertz CT molecular complexity index is 846. The summed E-state index contributed by atoms with van der Waals surface area (Å²) in [5.41, 5.74) is 2.38. The molecule has 1 aliphatic heterocycles. The highest BCUT2D eigenvalue weighted by Crippen LogP contribution is 2.37. The molecule has 1 saturated carbocycles. The van der Waals surface area contributed by atoms with Crippen molar-refractivity contribution < 1.29 is 9.59 Å². The maximum absolute atomic E-state index is 12.3. The molecule has 0 bridgehead atoms. The molecule has 0 unspecified atom stereocenters. The summed E-state index contributed by atoms with van der Waals surface area (Å²) in [7, 11) is 0. The summed E-state index contributed by atoms with van der Waals surface area (Å²) in [4.78, 5) is 27.7. The molecule has 1 aromatic heterocycles. The Balaban J connectivity index is 1.44. The molecule has 2 heterocycles. The Hall–Kier alpha value is -1.89. The molecule has 0 saturated heterocycles. The number of hydrogen-bond acceptors (Lipinski definition) is 4. The molecule has 27 heavy (non-hydrogen) atoms. The quantitative estimate of drug-likeness (QED) is 0.689. The Labute approximate surface area is 167 Å². The fourth-order valence-electron chi connectivity index (χ4n) is 3.69. The van der Waals surface area contributed by atoms with Crippen LogP contribution in [0.15, 0.2) is 24.3 Å². The van der Waals surface area contributed by atoms with Crippen molar-refractivity contribution in [2.24, 2.45) is 5.92 Å². The van der Waals surface area contributed by atoms with Crippen LogP contribution in [-0.2, 0) is 13.0 Å². The second kappa shape index (κ2) is 8.00. The standard InChI is InChI=1S/C20H22ClN3O2S/c21-14-4-6-15(7-5-14)22-20(26)23-19-17(12-25)16-8-9-24(11-18(16)27-19)10-13-2-1-3-13/h4-7,12-13H,1-3,8-11H2,(H2,22,23,26). The number of nitrogens with one attached hydrogen (secondary N) is 2. The van der Waals surface area contributed by atoms with E-state index < -0.39 is 0 Å². The monoisotopic (exact) mass is 403 g/mol. The van der Waals surface area contributed by atoms with E-state index in [1.54, 1.807) is 24.3 Å². The number of carbonyl (C=O) groups is 2. The van der Waals surface area contributed by atoms with Gasteiger partial charge in [0.2, 0.25) is 0 Å². The number of urea groups is 1. The normalized spacial score (nSPS) is 17.1. The summed E-state index contributed by atoms with van der Waals surface area (Å²) >= 11 is 7.38. The molecule has 2 aliphatic rings. The van der Waals surface area contributed by atoms with Gasteiger partial charge in [0.1, 0.15) is 5.00 Å². The number of rotatable bonds is 5. The number of benzene rings is 1. The van der Waals surface area contributed by atoms with Crippen molar-refractivity contribution in [3.63, 3.8) is 0 Å². The number of anilines is 2. The van der Waals surface area contributed by atoms with E-state index in [-0.39, 0.29) is 6.03 Å². The fraction of sp³-hybridized carbons (Fsp3) is 0.400. The zero-order valence-electron chi connectivity index (χ0n) is 15.0. The van der Waals surface area contributed by atoms with Crippen LogP contribution in [0.3, 0.4) is 0 Å². The molecule has 1 fully saturated rings. The van der Waals surface area contributed by atoms with E-state index in [0.29, 0.717) is 21.3 Å². The Morgan fingerprint density at radius 3 is 2.70 bits per heavy atom. The van der Waals surface area contributed by atoms with Gasteiger partial charge in [-0.1, -0.05) is 18.0 Å². The number of carbonyl (C=O) groups excluding carboxylic acids is 2. The third-order valence-corrected chi connectivity index (χ3v) is 6.76. The lowest BCUT2D eigenvalue weighted by molar-refractivity contribution is 0.112. The summed E-state index contributed by atoms with van der Waals surface area (Å²) in [6, 6.07) is 6.55. The van der Waals surface area contributed by atoms with E-state index in [9.17, 15) is 9.59 Å². The van der Waals surface area contributed by atoms with E-state index in [0.717, 1.165) is 43.8 Å². The van der Waals surface area contributed by atoms with Crippen molar-refractivity contribution in [2.45, 2.75) is 32.2 Å². The average molecular weight is 404 g/mol. The third kappa shape index (κ3) is 4.18. The summed E-state index contributed by atoms with van der Waals surface area (Å²) < 4.78 is 0. The number of nitrogens with zero attached hydrogens (tertiary/aromatic N) is 1. The molecule has 4 rings (SSSR count). The fourth-order valence-corrected chi connectivity index (χ4v) is 5.07. The summed E-state index contributed by atoms with van der Waals surface area (Å²) in [5.74, 6) is 0.833. The molecular weight excluding hydrogens is 382 g/mol. The van der Waals surface area contributed by atoms with Crippen molar-refractivity contribution in [3.05, 3.63) is 45.3 Å². The van der Waals surface area contributed by atoms with Crippen LogP contribution in [0.5, 0.6) is 0 Å². The van der Waals surface area contributed by atoms with Gasteiger partial charge in [0, 0.05) is 35.2 Å². The van der Waals surface area contributed by atoms with Crippen LogP contribution in [0.25, 0.3) is 0 Å². The van der Waals surface area contributed by atoms with Gasteiger partial charge in [0.25, 0.3) is 0 Å². The Kier molecular flexibility index (Phi) is 5.48. The molecule has 5 nitrogen and oxygen atoms in total. The van der Waals surface area contributed by atoms with Gasteiger partial charge in [-0.15, -0.1) is 11.3 Å². The largest absolute Gasteiger partial charge is 0.324 e. The SMILES string of the molecule is O=Cc1c(NC(=O)Nc2ccc(Cl)cc2)sc2c1CCN(CC1CCC1)C2. The van der Waals surface area contributed by atoms with E-state index in [2.05, 4.69) is 15.5 Å². The molecule has 1 aliphatic carbocycles. The van der Waals surface area contributed by atoms with E-state index in [1.165, 1.54) is 35.5 Å². The van der Waals surface area contributed by atoms with Gasteiger partial charge in [0.05, 0.1) is 5.56 Å². The van der Waals surface area contributed by atoms with Crippen LogP contribution in [0, 0.1) is 5.92 Å². The Morgan fingerprint density at radius 1 is 1.26 bits per heavy atom. The second-order valence-electron chi connectivity index (χ2n) is 7.23. The maximum Gasteiger partial charge on any atom is 0.324 e. The van der Waals surface area contributed by atoms with E-state index >= 15 is 0 Å². The van der Waals surface area contributed by atoms with Crippen molar-refractivity contribution in [1.29, 1.82) is 0 Å². The molecule has 0 atom stereocenters. The highest BCUT2D eigenvalue weighted by atomic mass is 35.5. The average Bonchev–Trinajstić information content (AvgIpc) is 2.96. The maximum atomic E-state index is 12.3. The first-order valence-corrected chi connectivity index (χ1v) is 10.5. The van der Waals surface area contributed by atoms with Crippen molar-refractivity contribution in [2.75, 3.05) is 23.7 Å². The van der Waals surface area contributed by atoms with Crippen LogP contribution < -0.4 is 10.6 Å². The van der Waals surface area contributed by atoms with E-state index in [1.807, 2.05) is 0 Å². The lowest BCUT2D eigenvalue weighted by atomic mass is 9.85. The van der Waals surface area contributed by atoms with Gasteiger partial charge in [-0.25, -0.2) is 4.79 Å². The highest BCUT2D eigenvalue weighted by Gasteiger charge is 2.27. The minimum Gasteiger partial charge on any atom is -0.308 e. The molecular formula is C20H22ClN3O2S. The minimum absolute atomic E-state index is 0.356. The predicted molar refractivity (Wildman–Crippen MR) is 110 cm³/mol. The predicted octanol–water partition coefficient (Wildman–Crippen LogP) is 5.02. The first-order chi connectivity index (χ1) is 13.1. The molecule has 2 N–H and O–H groups in total.